The van der Waals surface area contributed by atoms with Gasteiger partial charge < -0.3 is 29.4 Å². The Morgan fingerprint density at radius 2 is 1.71 bits per heavy atom. The molecule has 0 spiro atoms. The molecule has 0 bridgehead atoms. The van der Waals surface area contributed by atoms with Gasteiger partial charge in [0.2, 0.25) is 5.95 Å². The second-order valence-electron chi connectivity index (χ2n) is 7.09. The van der Waals surface area contributed by atoms with Gasteiger partial charge in [0.1, 0.15) is 11.7 Å². The SMILES string of the molecule is COC(=O)C1=C(C(=O)c2ccc(OC)c(OC)c2)[C@@H](c2ccc(O)c(OC)c2)n2nnnc2N1. The van der Waals surface area contributed by atoms with Crippen LogP contribution in [0.1, 0.15) is 22.0 Å². The van der Waals surface area contributed by atoms with Gasteiger partial charge in [0.15, 0.2) is 28.8 Å². The first kappa shape index (κ1) is 22.6. The number of benzene rings is 2. The number of phenols is 1. The minimum Gasteiger partial charge on any atom is -0.504 e. The second kappa shape index (κ2) is 9.10. The Bertz CT molecular complexity index is 1300. The average Bonchev–Trinajstić information content (AvgIpc) is 3.35. The highest BCUT2D eigenvalue weighted by molar-refractivity contribution is 6.15. The van der Waals surface area contributed by atoms with Crippen molar-refractivity contribution >= 4 is 17.7 Å². The smallest absolute Gasteiger partial charge is 0.355 e. The molecule has 1 aliphatic heterocycles. The third-order valence-corrected chi connectivity index (χ3v) is 5.32. The van der Waals surface area contributed by atoms with Crippen LogP contribution in [-0.4, -0.2) is 65.5 Å². The van der Waals surface area contributed by atoms with E-state index in [2.05, 4.69) is 20.8 Å². The van der Waals surface area contributed by atoms with Crippen molar-refractivity contribution < 1.29 is 33.6 Å². The molecule has 176 valence electrons. The number of aromatic nitrogens is 4. The molecule has 0 saturated carbocycles. The molecule has 2 N–H and O–H groups in total. The van der Waals surface area contributed by atoms with E-state index in [1.165, 1.54) is 51.3 Å². The Balaban J connectivity index is 1.95. The molecule has 1 aliphatic rings. The van der Waals surface area contributed by atoms with E-state index in [9.17, 15) is 14.7 Å². The summed E-state index contributed by atoms with van der Waals surface area (Å²) in [4.78, 5) is 26.6. The normalized spacial score (nSPS) is 14.6. The maximum Gasteiger partial charge on any atom is 0.355 e. The lowest BCUT2D eigenvalue weighted by atomic mass is 9.89. The van der Waals surface area contributed by atoms with Crippen molar-refractivity contribution in [2.75, 3.05) is 33.8 Å². The number of phenolic OH excluding ortho intramolecular Hbond substituents is 1. The number of carbonyl (C=O) groups is 2. The number of allylic oxidation sites excluding steroid dienone is 1. The zero-order valence-corrected chi connectivity index (χ0v) is 18.7. The quantitative estimate of drug-likeness (QED) is 0.387. The minimum absolute atomic E-state index is 0.0200. The van der Waals surface area contributed by atoms with Gasteiger partial charge in [-0.25, -0.2) is 4.79 Å². The Morgan fingerprint density at radius 3 is 2.38 bits per heavy atom. The van der Waals surface area contributed by atoms with Crippen LogP contribution in [0.5, 0.6) is 23.0 Å². The monoisotopic (exact) mass is 467 g/mol. The van der Waals surface area contributed by atoms with Crippen LogP contribution in [0, 0.1) is 0 Å². The summed E-state index contributed by atoms with van der Waals surface area (Å²) >= 11 is 0. The highest BCUT2D eigenvalue weighted by atomic mass is 16.5. The van der Waals surface area contributed by atoms with Crippen molar-refractivity contribution in [3.63, 3.8) is 0 Å². The number of esters is 1. The highest BCUT2D eigenvalue weighted by Gasteiger charge is 2.39. The van der Waals surface area contributed by atoms with Crippen molar-refractivity contribution in [1.29, 1.82) is 0 Å². The van der Waals surface area contributed by atoms with Crippen molar-refractivity contribution in [2.24, 2.45) is 0 Å². The first-order chi connectivity index (χ1) is 16.4. The van der Waals surface area contributed by atoms with E-state index < -0.39 is 17.8 Å². The average molecular weight is 467 g/mol. The number of Topliss-reactive ketones (excluding diaryl/α,β-unsaturated/α-hetero) is 1. The number of nitrogens with zero attached hydrogens (tertiary/aromatic N) is 4. The molecule has 0 aliphatic carbocycles. The van der Waals surface area contributed by atoms with E-state index >= 15 is 0 Å². The molecular formula is C22H21N5O7. The van der Waals surface area contributed by atoms with Gasteiger partial charge in [0.05, 0.1) is 34.0 Å². The van der Waals surface area contributed by atoms with Gasteiger partial charge in [0, 0.05) is 5.56 Å². The van der Waals surface area contributed by atoms with Gasteiger partial charge in [-0.15, -0.1) is 0 Å². The van der Waals surface area contributed by atoms with Crippen molar-refractivity contribution in [3.05, 3.63) is 58.8 Å². The van der Waals surface area contributed by atoms with E-state index in [1.807, 2.05) is 0 Å². The van der Waals surface area contributed by atoms with E-state index in [0.29, 0.717) is 17.1 Å². The van der Waals surface area contributed by atoms with Crippen molar-refractivity contribution in [3.8, 4) is 23.0 Å². The number of hydrogen-bond donors (Lipinski definition) is 2. The van der Waals surface area contributed by atoms with Gasteiger partial charge >= 0.3 is 5.97 Å². The molecule has 4 rings (SSSR count). The summed E-state index contributed by atoms with van der Waals surface area (Å²) in [6.07, 6.45) is 0. The summed E-state index contributed by atoms with van der Waals surface area (Å²) in [7, 11) is 5.53. The van der Waals surface area contributed by atoms with Gasteiger partial charge in [-0.05, 0) is 46.3 Å². The number of ketones is 1. The third kappa shape index (κ3) is 3.74. The molecular weight excluding hydrogens is 446 g/mol. The van der Waals surface area contributed by atoms with Crippen molar-refractivity contribution in [2.45, 2.75) is 6.04 Å². The molecule has 1 atom stereocenters. The number of aromatic hydroxyl groups is 1. The van der Waals surface area contributed by atoms with Crippen LogP contribution in [0.2, 0.25) is 0 Å². The number of ether oxygens (including phenoxy) is 4. The molecule has 12 nitrogen and oxygen atoms in total. The zero-order valence-electron chi connectivity index (χ0n) is 18.7. The fourth-order valence-electron chi connectivity index (χ4n) is 3.69. The predicted octanol–water partition coefficient (Wildman–Crippen LogP) is 1.73. The van der Waals surface area contributed by atoms with Gasteiger partial charge in [-0.3, -0.25) is 4.79 Å². The maximum absolute atomic E-state index is 13.9. The Labute approximate surface area is 193 Å². The maximum atomic E-state index is 13.9. The van der Waals surface area contributed by atoms with E-state index in [-0.39, 0.29) is 34.3 Å². The summed E-state index contributed by atoms with van der Waals surface area (Å²) in [5.41, 5.74) is 0.603. The van der Waals surface area contributed by atoms with E-state index in [1.54, 1.807) is 18.2 Å². The first-order valence-electron chi connectivity index (χ1n) is 9.94. The first-order valence-corrected chi connectivity index (χ1v) is 9.94. The van der Waals surface area contributed by atoms with Crippen LogP contribution in [0.4, 0.5) is 5.95 Å². The Kier molecular flexibility index (Phi) is 6.04. The fraction of sp³-hybridized carbons (Fsp3) is 0.227. The molecule has 1 aromatic heterocycles. The lowest BCUT2D eigenvalue weighted by Gasteiger charge is -2.28. The lowest BCUT2D eigenvalue weighted by molar-refractivity contribution is -0.136. The summed E-state index contributed by atoms with van der Waals surface area (Å²) < 4.78 is 22.1. The van der Waals surface area contributed by atoms with Gasteiger partial charge in [-0.2, -0.15) is 4.68 Å². The summed E-state index contributed by atoms with van der Waals surface area (Å²) in [5.74, 6) is -0.318. The highest BCUT2D eigenvalue weighted by Crippen LogP contribution is 2.40. The minimum atomic E-state index is -0.949. The number of carbonyl (C=O) groups excluding carboxylic acids is 2. The summed E-state index contributed by atoms with van der Waals surface area (Å²) in [6.45, 7) is 0. The topological polar surface area (TPSA) is 147 Å². The van der Waals surface area contributed by atoms with Crippen LogP contribution in [0.25, 0.3) is 0 Å². The largest absolute Gasteiger partial charge is 0.504 e. The molecule has 0 saturated heterocycles. The standard InChI is InChI=1S/C22H21N5O7/c1-31-14-8-6-12(10-16(14)33-3)20(29)17-18(21(30)34-4)23-22-24-25-26-27(22)19(17)11-5-7-13(28)15(9-11)32-2/h5-10,19,28H,1-4H3,(H,23,24,26)/t19-/m1/s1. The van der Waals surface area contributed by atoms with Crippen molar-refractivity contribution in [1.82, 2.24) is 20.2 Å². The number of nitrogens with one attached hydrogen (secondary N) is 1. The number of fused-ring (bicyclic) bond motifs is 1. The van der Waals surface area contributed by atoms with Crippen LogP contribution >= 0.6 is 0 Å². The van der Waals surface area contributed by atoms with Gasteiger partial charge in [0.25, 0.3) is 0 Å². The van der Waals surface area contributed by atoms with Crippen LogP contribution < -0.4 is 19.5 Å². The Morgan fingerprint density at radius 1 is 0.971 bits per heavy atom. The molecule has 0 fully saturated rings. The van der Waals surface area contributed by atoms with E-state index in [0.717, 1.165) is 0 Å². The molecule has 3 aromatic rings. The van der Waals surface area contributed by atoms with Crippen LogP contribution in [0.15, 0.2) is 47.7 Å². The van der Waals surface area contributed by atoms with Crippen LogP contribution in [0.3, 0.4) is 0 Å². The van der Waals surface area contributed by atoms with Gasteiger partial charge in [-0.1, -0.05) is 11.2 Å². The molecule has 12 heteroatoms. The summed E-state index contributed by atoms with van der Waals surface area (Å²) in [5, 5.41) is 24.4. The number of anilines is 1. The molecule has 34 heavy (non-hydrogen) atoms. The molecule has 0 amide bonds. The van der Waals surface area contributed by atoms with E-state index in [4.69, 9.17) is 18.9 Å². The fourth-order valence-corrected chi connectivity index (χ4v) is 3.69. The molecule has 0 unspecified atom stereocenters. The number of rotatable bonds is 7. The molecule has 2 heterocycles. The summed E-state index contributed by atoms with van der Waals surface area (Å²) in [6, 6.07) is 8.22. The predicted molar refractivity (Wildman–Crippen MR) is 117 cm³/mol. The lowest BCUT2D eigenvalue weighted by Crippen LogP contribution is -2.33. The number of hydrogen-bond acceptors (Lipinski definition) is 11. The number of tetrazole rings is 1. The molecule has 2 aromatic carbocycles. The molecule has 0 radical (unpaired) electrons. The third-order valence-electron chi connectivity index (χ3n) is 5.32. The van der Waals surface area contributed by atoms with Crippen LogP contribution in [-0.2, 0) is 9.53 Å². The number of methoxy groups -OCH3 is 4. The Hall–Kier alpha value is -4.61. The second-order valence-corrected chi connectivity index (χ2v) is 7.09. The zero-order chi connectivity index (χ0) is 24.4.